The van der Waals surface area contributed by atoms with Crippen LogP contribution in [-0.2, 0) is 5.41 Å². The van der Waals surface area contributed by atoms with Crippen molar-refractivity contribution in [2.24, 2.45) is 0 Å². The third-order valence-electron chi connectivity index (χ3n) is 2.99. The first-order chi connectivity index (χ1) is 7.03. The van der Waals surface area contributed by atoms with Gasteiger partial charge in [0.25, 0.3) is 0 Å². The average molecular weight is 223 g/mol. The Morgan fingerprint density at radius 1 is 1.33 bits per heavy atom. The minimum absolute atomic E-state index is 0.124. The first-order valence-electron chi connectivity index (χ1n) is 5.17. The van der Waals surface area contributed by atoms with Gasteiger partial charge in [-0.3, -0.25) is 0 Å². The molecule has 15 heavy (non-hydrogen) atoms. The second kappa shape index (κ2) is 3.53. The van der Waals surface area contributed by atoms with E-state index in [-0.39, 0.29) is 5.41 Å². The summed E-state index contributed by atoms with van der Waals surface area (Å²) in [5.41, 5.74) is 2.20. The van der Waals surface area contributed by atoms with Gasteiger partial charge in [0.05, 0.1) is 10.7 Å². The Bertz CT molecular complexity index is 485. The van der Waals surface area contributed by atoms with Gasteiger partial charge in [-0.15, -0.1) is 0 Å². The summed E-state index contributed by atoms with van der Waals surface area (Å²) in [6, 6.07) is 3.81. The summed E-state index contributed by atoms with van der Waals surface area (Å²) in [6.45, 7) is 6.59. The summed E-state index contributed by atoms with van der Waals surface area (Å²) in [4.78, 5) is 4.60. The third kappa shape index (κ3) is 1.86. The number of rotatable bonds is 2. The standard InChI is InChI=1S/C12H15ClN2/c1-4-12(2,3)10-8-15-7-9(13)5-6-11(15)14-10/h5-8H,4H2,1-3H3. The fourth-order valence-electron chi connectivity index (χ4n) is 1.47. The summed E-state index contributed by atoms with van der Waals surface area (Å²) < 4.78 is 1.98. The van der Waals surface area contributed by atoms with Gasteiger partial charge < -0.3 is 4.40 Å². The molecule has 0 aliphatic heterocycles. The highest BCUT2D eigenvalue weighted by molar-refractivity contribution is 6.30. The Balaban J connectivity index is 2.56. The Morgan fingerprint density at radius 3 is 2.73 bits per heavy atom. The minimum Gasteiger partial charge on any atom is -0.305 e. The largest absolute Gasteiger partial charge is 0.305 e. The maximum absolute atomic E-state index is 5.93. The van der Waals surface area contributed by atoms with Gasteiger partial charge in [-0.25, -0.2) is 4.98 Å². The highest BCUT2D eigenvalue weighted by atomic mass is 35.5. The van der Waals surface area contributed by atoms with Crippen molar-refractivity contribution in [2.75, 3.05) is 0 Å². The number of imidazole rings is 1. The van der Waals surface area contributed by atoms with Crippen LogP contribution in [0.1, 0.15) is 32.9 Å². The Morgan fingerprint density at radius 2 is 2.07 bits per heavy atom. The lowest BCUT2D eigenvalue weighted by molar-refractivity contribution is 0.493. The first kappa shape index (κ1) is 10.5. The second-order valence-corrected chi connectivity index (χ2v) is 4.91. The van der Waals surface area contributed by atoms with E-state index in [0.717, 1.165) is 22.8 Å². The zero-order valence-electron chi connectivity index (χ0n) is 9.29. The van der Waals surface area contributed by atoms with Crippen LogP contribution in [0, 0.1) is 0 Å². The van der Waals surface area contributed by atoms with E-state index < -0.39 is 0 Å². The first-order valence-corrected chi connectivity index (χ1v) is 5.55. The van der Waals surface area contributed by atoms with E-state index in [0.29, 0.717) is 0 Å². The SMILES string of the molecule is CCC(C)(C)c1cn2cc(Cl)ccc2n1. The molecule has 2 aromatic heterocycles. The van der Waals surface area contributed by atoms with Gasteiger partial charge in [0.15, 0.2) is 0 Å². The van der Waals surface area contributed by atoms with Gasteiger partial charge in [0.1, 0.15) is 5.65 Å². The van der Waals surface area contributed by atoms with E-state index in [1.807, 2.05) is 22.7 Å². The van der Waals surface area contributed by atoms with Crippen molar-refractivity contribution in [3.8, 4) is 0 Å². The van der Waals surface area contributed by atoms with Crippen LogP contribution in [0.5, 0.6) is 0 Å². The number of halogens is 1. The zero-order valence-corrected chi connectivity index (χ0v) is 10.0. The maximum atomic E-state index is 5.93. The third-order valence-corrected chi connectivity index (χ3v) is 3.22. The average Bonchev–Trinajstić information content (AvgIpc) is 2.61. The number of fused-ring (bicyclic) bond motifs is 1. The monoisotopic (exact) mass is 222 g/mol. The summed E-state index contributed by atoms with van der Waals surface area (Å²) >= 11 is 5.93. The molecule has 2 heterocycles. The van der Waals surface area contributed by atoms with Crippen molar-refractivity contribution in [2.45, 2.75) is 32.6 Å². The van der Waals surface area contributed by atoms with Gasteiger partial charge in [0, 0.05) is 17.8 Å². The Labute approximate surface area is 94.9 Å². The van der Waals surface area contributed by atoms with E-state index in [2.05, 4.69) is 32.0 Å². The van der Waals surface area contributed by atoms with Crippen LogP contribution in [0.25, 0.3) is 5.65 Å². The fourth-order valence-corrected chi connectivity index (χ4v) is 1.64. The van der Waals surface area contributed by atoms with Gasteiger partial charge in [-0.1, -0.05) is 32.4 Å². The lowest BCUT2D eigenvalue weighted by Gasteiger charge is -2.19. The summed E-state index contributed by atoms with van der Waals surface area (Å²) in [7, 11) is 0. The smallest absolute Gasteiger partial charge is 0.137 e. The predicted molar refractivity (Wildman–Crippen MR) is 63.5 cm³/mol. The van der Waals surface area contributed by atoms with Crippen LogP contribution in [-0.4, -0.2) is 9.38 Å². The van der Waals surface area contributed by atoms with Crippen LogP contribution in [0.15, 0.2) is 24.5 Å². The molecule has 0 saturated heterocycles. The number of aromatic nitrogens is 2. The normalized spacial score (nSPS) is 12.3. The number of pyridine rings is 1. The fraction of sp³-hybridized carbons (Fsp3) is 0.417. The summed E-state index contributed by atoms with van der Waals surface area (Å²) in [6.07, 6.45) is 5.02. The molecule has 0 aliphatic carbocycles. The zero-order chi connectivity index (χ0) is 11.1. The molecule has 0 unspecified atom stereocenters. The molecule has 0 fully saturated rings. The van der Waals surface area contributed by atoms with Crippen molar-refractivity contribution in [1.82, 2.24) is 9.38 Å². The van der Waals surface area contributed by atoms with Gasteiger partial charge in [0.2, 0.25) is 0 Å². The van der Waals surface area contributed by atoms with Gasteiger partial charge >= 0.3 is 0 Å². The maximum Gasteiger partial charge on any atom is 0.137 e. The van der Waals surface area contributed by atoms with Gasteiger partial charge in [-0.05, 0) is 18.6 Å². The molecule has 0 aliphatic rings. The molecular formula is C12H15ClN2. The molecule has 0 radical (unpaired) electrons. The molecule has 0 saturated carbocycles. The van der Waals surface area contributed by atoms with E-state index >= 15 is 0 Å². The number of hydrogen-bond donors (Lipinski definition) is 0. The van der Waals surface area contributed by atoms with E-state index in [1.165, 1.54) is 0 Å². The highest BCUT2D eigenvalue weighted by Crippen LogP contribution is 2.26. The molecule has 0 amide bonds. The molecule has 0 bridgehead atoms. The molecule has 2 rings (SSSR count). The van der Waals surface area contributed by atoms with Crippen LogP contribution in [0.4, 0.5) is 0 Å². The second-order valence-electron chi connectivity index (χ2n) is 4.48. The summed E-state index contributed by atoms with van der Waals surface area (Å²) in [5, 5.41) is 0.737. The molecule has 0 N–H and O–H groups in total. The van der Waals surface area contributed by atoms with E-state index in [9.17, 15) is 0 Å². The lowest BCUT2D eigenvalue weighted by Crippen LogP contribution is -2.15. The van der Waals surface area contributed by atoms with Crippen LogP contribution >= 0.6 is 11.6 Å². The molecule has 3 heteroatoms. The van der Waals surface area contributed by atoms with E-state index in [4.69, 9.17) is 11.6 Å². The molecule has 0 spiro atoms. The molecular weight excluding hydrogens is 208 g/mol. The minimum atomic E-state index is 0.124. The van der Waals surface area contributed by atoms with Crippen molar-refractivity contribution in [1.29, 1.82) is 0 Å². The molecule has 2 aromatic rings. The predicted octanol–water partition coefficient (Wildman–Crippen LogP) is 3.68. The van der Waals surface area contributed by atoms with Crippen molar-refractivity contribution < 1.29 is 0 Å². The van der Waals surface area contributed by atoms with Crippen LogP contribution in [0.2, 0.25) is 5.02 Å². The van der Waals surface area contributed by atoms with Crippen molar-refractivity contribution in [3.05, 3.63) is 35.2 Å². The number of hydrogen-bond acceptors (Lipinski definition) is 1. The van der Waals surface area contributed by atoms with Crippen molar-refractivity contribution in [3.63, 3.8) is 0 Å². The quantitative estimate of drug-likeness (QED) is 0.758. The lowest BCUT2D eigenvalue weighted by atomic mass is 9.87. The Kier molecular flexibility index (Phi) is 2.47. The number of nitrogens with zero attached hydrogens (tertiary/aromatic N) is 2. The topological polar surface area (TPSA) is 17.3 Å². The Hall–Kier alpha value is -1.02. The molecule has 0 atom stereocenters. The molecule has 2 nitrogen and oxygen atoms in total. The summed E-state index contributed by atoms with van der Waals surface area (Å²) in [5.74, 6) is 0. The van der Waals surface area contributed by atoms with Crippen LogP contribution in [0.3, 0.4) is 0 Å². The highest BCUT2D eigenvalue weighted by Gasteiger charge is 2.21. The molecule has 0 aromatic carbocycles. The molecule has 80 valence electrons. The van der Waals surface area contributed by atoms with Crippen LogP contribution < -0.4 is 0 Å². The van der Waals surface area contributed by atoms with Crippen molar-refractivity contribution >= 4 is 17.2 Å². The van der Waals surface area contributed by atoms with E-state index in [1.54, 1.807) is 0 Å². The van der Waals surface area contributed by atoms with Gasteiger partial charge in [-0.2, -0.15) is 0 Å².